The first-order valence-corrected chi connectivity index (χ1v) is 9.15. The Bertz CT molecular complexity index is 937. The van der Waals surface area contributed by atoms with Crippen molar-refractivity contribution < 1.29 is 23.3 Å². The zero-order valence-electron chi connectivity index (χ0n) is 16.4. The molecule has 0 saturated heterocycles. The van der Waals surface area contributed by atoms with Gasteiger partial charge in [0.1, 0.15) is 11.5 Å². The molecule has 0 atom stereocenters. The van der Waals surface area contributed by atoms with E-state index in [4.69, 9.17) is 18.5 Å². The molecule has 28 heavy (non-hydrogen) atoms. The molecule has 0 aliphatic carbocycles. The van der Waals surface area contributed by atoms with E-state index in [1.54, 1.807) is 6.92 Å². The summed E-state index contributed by atoms with van der Waals surface area (Å²) in [6.07, 6.45) is 1.60. The Labute approximate surface area is 162 Å². The smallest absolute Gasteiger partial charge is 0.397 e. The topological polar surface area (TPSA) is 100 Å². The van der Waals surface area contributed by atoms with Crippen molar-refractivity contribution >= 4 is 5.97 Å². The molecule has 0 radical (unpaired) electrons. The van der Waals surface area contributed by atoms with Crippen molar-refractivity contribution in [2.45, 2.75) is 40.5 Å². The highest BCUT2D eigenvalue weighted by atomic mass is 16.6. The highest BCUT2D eigenvalue weighted by Gasteiger charge is 2.18. The summed E-state index contributed by atoms with van der Waals surface area (Å²) < 4.78 is 21.0. The predicted molar refractivity (Wildman–Crippen MR) is 100 cm³/mol. The second-order valence-corrected chi connectivity index (χ2v) is 6.47. The third-order valence-corrected chi connectivity index (χ3v) is 4.09. The second kappa shape index (κ2) is 8.69. The first kappa shape index (κ1) is 19.6. The normalized spacial score (nSPS) is 10.9. The minimum Gasteiger partial charge on any atom is -0.493 e. The fourth-order valence-electron chi connectivity index (χ4n) is 2.88. The van der Waals surface area contributed by atoms with Crippen molar-refractivity contribution in [2.24, 2.45) is 0 Å². The van der Waals surface area contributed by atoms with Gasteiger partial charge in [-0.1, -0.05) is 10.3 Å². The zero-order chi connectivity index (χ0) is 20.1. The Kier molecular flexibility index (Phi) is 6.08. The van der Waals surface area contributed by atoms with Gasteiger partial charge < -0.3 is 18.5 Å². The maximum atomic E-state index is 11.7. The number of hydrogen-bond acceptors (Lipinski definition) is 8. The van der Waals surface area contributed by atoms with Crippen LogP contribution in [-0.2, 0) is 11.2 Å². The molecular weight excluding hydrogens is 362 g/mol. The van der Waals surface area contributed by atoms with Gasteiger partial charge in [-0.15, -0.1) is 0 Å². The second-order valence-electron chi connectivity index (χ2n) is 6.47. The number of hydrogen-bond donors (Lipinski definition) is 0. The molecule has 3 rings (SSSR count). The van der Waals surface area contributed by atoms with Gasteiger partial charge in [0.2, 0.25) is 5.82 Å². The molecular formula is C20H23N3O5. The van der Waals surface area contributed by atoms with E-state index < -0.39 is 5.97 Å². The number of nitrogens with zero attached hydrogens (tertiary/aromatic N) is 3. The molecule has 0 spiro atoms. The Morgan fingerprint density at radius 2 is 1.82 bits per heavy atom. The van der Waals surface area contributed by atoms with Crippen LogP contribution in [0.1, 0.15) is 46.6 Å². The van der Waals surface area contributed by atoms with Crippen LogP contribution < -0.4 is 4.74 Å². The summed E-state index contributed by atoms with van der Waals surface area (Å²) in [6, 6.07) is 5.74. The maximum absolute atomic E-state index is 11.7. The number of benzene rings is 1. The van der Waals surface area contributed by atoms with Gasteiger partial charge in [-0.25, -0.2) is 4.79 Å². The van der Waals surface area contributed by atoms with E-state index in [0.717, 1.165) is 46.7 Å². The van der Waals surface area contributed by atoms with Gasteiger partial charge in [0.25, 0.3) is 0 Å². The van der Waals surface area contributed by atoms with Gasteiger partial charge in [0.05, 0.1) is 18.9 Å². The number of ether oxygens (including phenoxy) is 2. The van der Waals surface area contributed by atoms with Crippen LogP contribution in [0.4, 0.5) is 0 Å². The van der Waals surface area contributed by atoms with Crippen molar-refractivity contribution in [2.75, 3.05) is 13.2 Å². The lowest BCUT2D eigenvalue weighted by molar-refractivity contribution is 0.0470. The largest absolute Gasteiger partial charge is 0.493 e. The lowest BCUT2D eigenvalue weighted by Gasteiger charge is -2.13. The number of aryl methyl sites for hydroxylation is 4. The summed E-state index contributed by atoms with van der Waals surface area (Å²) in [5, 5.41) is 7.75. The van der Waals surface area contributed by atoms with E-state index in [9.17, 15) is 4.79 Å². The first-order valence-electron chi connectivity index (χ1n) is 9.15. The van der Waals surface area contributed by atoms with Gasteiger partial charge in [-0.2, -0.15) is 4.98 Å². The van der Waals surface area contributed by atoms with E-state index in [1.165, 1.54) is 0 Å². The number of carbonyl (C=O) groups excluding carboxylic acids is 1. The van der Waals surface area contributed by atoms with Crippen LogP contribution in [-0.4, -0.2) is 34.5 Å². The molecule has 2 aromatic heterocycles. The molecule has 0 aliphatic rings. The standard InChI is InChI=1S/C20H23N3O5/c1-5-25-20(24)19-21-18(23-28-19)15-9-12(2)17(13(3)10-15)26-8-6-7-16-11-14(4)22-27-16/h9-11H,5-8H2,1-4H3. The van der Waals surface area contributed by atoms with Gasteiger partial charge in [0, 0.05) is 18.1 Å². The SMILES string of the molecule is CCOC(=O)c1nc(-c2cc(C)c(OCCCc3cc(C)no3)c(C)c2)no1. The fourth-order valence-corrected chi connectivity index (χ4v) is 2.88. The van der Waals surface area contributed by atoms with Gasteiger partial charge in [-0.05, 0) is 57.4 Å². The molecule has 3 aromatic rings. The number of aromatic nitrogens is 3. The van der Waals surface area contributed by atoms with E-state index in [0.29, 0.717) is 12.4 Å². The van der Waals surface area contributed by atoms with Crippen LogP contribution in [0.15, 0.2) is 27.2 Å². The minimum atomic E-state index is -0.628. The highest BCUT2D eigenvalue weighted by Crippen LogP contribution is 2.29. The lowest BCUT2D eigenvalue weighted by atomic mass is 10.1. The number of rotatable bonds is 8. The Balaban J connectivity index is 1.64. The minimum absolute atomic E-state index is 0.157. The van der Waals surface area contributed by atoms with Gasteiger partial charge >= 0.3 is 11.9 Å². The third kappa shape index (κ3) is 4.57. The Morgan fingerprint density at radius 3 is 2.46 bits per heavy atom. The van der Waals surface area contributed by atoms with Gasteiger partial charge in [0.15, 0.2) is 0 Å². The molecule has 1 aromatic carbocycles. The molecule has 8 nitrogen and oxygen atoms in total. The third-order valence-electron chi connectivity index (χ3n) is 4.09. The molecule has 0 aliphatic heterocycles. The molecule has 0 amide bonds. The highest BCUT2D eigenvalue weighted by molar-refractivity contribution is 5.84. The fraction of sp³-hybridized carbons (Fsp3) is 0.400. The lowest BCUT2D eigenvalue weighted by Crippen LogP contribution is -2.04. The molecule has 148 valence electrons. The predicted octanol–water partition coefficient (Wildman–Crippen LogP) is 3.84. The molecule has 0 unspecified atom stereocenters. The van der Waals surface area contributed by atoms with Crippen LogP contribution in [0.2, 0.25) is 0 Å². The summed E-state index contributed by atoms with van der Waals surface area (Å²) in [7, 11) is 0. The molecule has 0 N–H and O–H groups in total. The van der Waals surface area contributed by atoms with Crippen molar-refractivity contribution in [3.8, 4) is 17.1 Å². The number of carbonyl (C=O) groups is 1. The van der Waals surface area contributed by atoms with E-state index >= 15 is 0 Å². The summed E-state index contributed by atoms with van der Waals surface area (Å²) in [4.78, 5) is 15.8. The first-order chi connectivity index (χ1) is 13.5. The summed E-state index contributed by atoms with van der Waals surface area (Å²) >= 11 is 0. The Hall–Kier alpha value is -3.16. The van der Waals surface area contributed by atoms with Crippen LogP contribution in [0.25, 0.3) is 11.4 Å². The molecule has 8 heteroatoms. The van der Waals surface area contributed by atoms with E-state index in [1.807, 2.05) is 39.0 Å². The van der Waals surface area contributed by atoms with Gasteiger partial charge in [-0.3, -0.25) is 0 Å². The van der Waals surface area contributed by atoms with Crippen molar-refractivity contribution in [1.29, 1.82) is 0 Å². The van der Waals surface area contributed by atoms with Crippen molar-refractivity contribution in [3.05, 3.63) is 46.7 Å². The van der Waals surface area contributed by atoms with E-state index in [2.05, 4.69) is 15.3 Å². The van der Waals surface area contributed by atoms with Crippen molar-refractivity contribution in [1.82, 2.24) is 15.3 Å². The van der Waals surface area contributed by atoms with Crippen LogP contribution >= 0.6 is 0 Å². The maximum Gasteiger partial charge on any atom is 0.397 e. The molecule has 0 saturated carbocycles. The molecule has 0 fully saturated rings. The monoisotopic (exact) mass is 385 g/mol. The summed E-state index contributed by atoms with van der Waals surface area (Å²) in [5.74, 6) is 1.24. The zero-order valence-corrected chi connectivity index (χ0v) is 16.4. The number of esters is 1. The summed E-state index contributed by atoms with van der Waals surface area (Å²) in [5.41, 5.74) is 3.53. The van der Waals surface area contributed by atoms with Crippen LogP contribution in [0.3, 0.4) is 0 Å². The van der Waals surface area contributed by atoms with Crippen LogP contribution in [0, 0.1) is 20.8 Å². The van der Waals surface area contributed by atoms with E-state index in [-0.39, 0.29) is 12.5 Å². The Morgan fingerprint density at radius 1 is 1.07 bits per heavy atom. The van der Waals surface area contributed by atoms with Crippen molar-refractivity contribution in [3.63, 3.8) is 0 Å². The summed E-state index contributed by atoms with van der Waals surface area (Å²) in [6.45, 7) is 8.34. The quantitative estimate of drug-likeness (QED) is 0.426. The van der Waals surface area contributed by atoms with Crippen LogP contribution in [0.5, 0.6) is 5.75 Å². The molecule has 2 heterocycles. The molecule has 0 bridgehead atoms. The average Bonchev–Trinajstić information content (AvgIpc) is 3.30. The average molecular weight is 385 g/mol.